The molecule has 6 nitrogen and oxygen atoms in total. The molecule has 1 aromatic heterocycles. The minimum atomic E-state index is -0.0962. The van der Waals surface area contributed by atoms with E-state index in [4.69, 9.17) is 4.74 Å². The number of ether oxygens (including phenoxy) is 1. The van der Waals surface area contributed by atoms with Gasteiger partial charge in [0.05, 0.1) is 23.9 Å². The predicted octanol–water partition coefficient (Wildman–Crippen LogP) is 2.62. The summed E-state index contributed by atoms with van der Waals surface area (Å²) in [6.45, 7) is 0. The van der Waals surface area contributed by atoms with Crippen LogP contribution in [-0.4, -0.2) is 27.9 Å². The van der Waals surface area contributed by atoms with Gasteiger partial charge in [-0.25, -0.2) is 4.79 Å². The Morgan fingerprint density at radius 3 is 2.44 bits per heavy atom. The van der Waals surface area contributed by atoms with Crippen molar-refractivity contribution < 1.29 is 9.53 Å². The highest BCUT2D eigenvalue weighted by Crippen LogP contribution is 2.22. The van der Waals surface area contributed by atoms with Crippen LogP contribution in [0, 0.1) is 0 Å². The Bertz CT molecular complexity index is 974. The number of amides is 1. The van der Waals surface area contributed by atoms with Crippen LogP contribution in [0.2, 0.25) is 0 Å². The Balaban J connectivity index is 1.67. The number of benzene rings is 2. The SMILES string of the molecule is COc1ccc(SCC(=O)Nc2ccc3c(c2)n(C)c(=O)n3C)cc1. The van der Waals surface area contributed by atoms with E-state index in [1.165, 1.54) is 11.8 Å². The number of fused-ring (bicyclic) bond motifs is 1. The van der Waals surface area contributed by atoms with Crippen LogP contribution in [0.5, 0.6) is 5.75 Å². The third-order valence-corrected chi connectivity index (χ3v) is 5.00. The van der Waals surface area contributed by atoms with Gasteiger partial charge in [0.2, 0.25) is 5.91 Å². The van der Waals surface area contributed by atoms with E-state index in [0.29, 0.717) is 11.4 Å². The van der Waals surface area contributed by atoms with Crippen LogP contribution in [0.25, 0.3) is 11.0 Å². The van der Waals surface area contributed by atoms with Crippen molar-refractivity contribution in [3.8, 4) is 5.75 Å². The Morgan fingerprint density at radius 1 is 1.08 bits per heavy atom. The van der Waals surface area contributed by atoms with E-state index >= 15 is 0 Å². The molecule has 3 aromatic rings. The molecule has 0 bridgehead atoms. The number of carbonyl (C=O) groups is 1. The molecule has 0 aliphatic rings. The number of nitrogens with zero attached hydrogens (tertiary/aromatic N) is 2. The van der Waals surface area contributed by atoms with Crippen LogP contribution in [0.3, 0.4) is 0 Å². The summed E-state index contributed by atoms with van der Waals surface area (Å²) in [6.07, 6.45) is 0. The maximum atomic E-state index is 12.2. The molecule has 0 fully saturated rings. The zero-order valence-electron chi connectivity index (χ0n) is 14.3. The van der Waals surface area contributed by atoms with Gasteiger partial charge in [-0.2, -0.15) is 0 Å². The molecule has 25 heavy (non-hydrogen) atoms. The molecule has 2 aromatic carbocycles. The molecular formula is C18H19N3O3S. The molecular weight excluding hydrogens is 338 g/mol. The molecule has 0 saturated heterocycles. The van der Waals surface area contributed by atoms with Gasteiger partial charge >= 0.3 is 5.69 Å². The van der Waals surface area contributed by atoms with Crippen molar-refractivity contribution in [2.75, 3.05) is 18.2 Å². The first-order valence-electron chi connectivity index (χ1n) is 7.72. The molecule has 130 valence electrons. The number of methoxy groups -OCH3 is 1. The van der Waals surface area contributed by atoms with Gasteiger partial charge in [0.1, 0.15) is 5.75 Å². The van der Waals surface area contributed by atoms with Gasteiger partial charge < -0.3 is 10.1 Å². The normalized spacial score (nSPS) is 10.8. The molecule has 0 aliphatic carbocycles. The second-order valence-electron chi connectivity index (χ2n) is 5.62. The van der Waals surface area contributed by atoms with Crippen molar-refractivity contribution in [3.05, 3.63) is 52.9 Å². The Kier molecular flexibility index (Phi) is 4.85. The Hall–Kier alpha value is -2.67. The maximum Gasteiger partial charge on any atom is 0.328 e. The summed E-state index contributed by atoms with van der Waals surface area (Å²) >= 11 is 1.45. The van der Waals surface area contributed by atoms with E-state index in [1.54, 1.807) is 36.4 Å². The van der Waals surface area contributed by atoms with Crippen molar-refractivity contribution in [2.24, 2.45) is 14.1 Å². The third-order valence-electron chi connectivity index (χ3n) is 3.99. The standard InChI is InChI=1S/C18H19N3O3S/c1-20-15-9-4-12(10-16(15)21(2)18(20)23)19-17(22)11-25-14-7-5-13(24-3)6-8-14/h4-10H,11H2,1-3H3,(H,19,22). The summed E-state index contributed by atoms with van der Waals surface area (Å²) in [4.78, 5) is 25.1. The number of hydrogen-bond donors (Lipinski definition) is 1. The smallest absolute Gasteiger partial charge is 0.328 e. The summed E-state index contributed by atoms with van der Waals surface area (Å²) in [7, 11) is 5.07. The number of aryl methyl sites for hydroxylation is 2. The van der Waals surface area contributed by atoms with E-state index in [9.17, 15) is 9.59 Å². The van der Waals surface area contributed by atoms with Gasteiger partial charge in [0.25, 0.3) is 0 Å². The number of imidazole rings is 1. The molecule has 0 unspecified atom stereocenters. The molecule has 0 radical (unpaired) electrons. The van der Waals surface area contributed by atoms with Crippen molar-refractivity contribution in [1.82, 2.24) is 9.13 Å². The molecule has 0 spiro atoms. The monoisotopic (exact) mass is 357 g/mol. The van der Waals surface area contributed by atoms with E-state index in [2.05, 4.69) is 5.32 Å². The van der Waals surface area contributed by atoms with Gasteiger partial charge in [-0.1, -0.05) is 0 Å². The number of thioether (sulfide) groups is 1. The third kappa shape index (κ3) is 3.56. The van der Waals surface area contributed by atoms with Crippen molar-refractivity contribution in [2.45, 2.75) is 4.90 Å². The fraction of sp³-hybridized carbons (Fsp3) is 0.222. The quantitative estimate of drug-likeness (QED) is 0.713. The highest BCUT2D eigenvalue weighted by Gasteiger charge is 2.10. The molecule has 0 aliphatic heterocycles. The topological polar surface area (TPSA) is 65.3 Å². The minimum absolute atomic E-state index is 0.0893. The van der Waals surface area contributed by atoms with Crippen LogP contribution in [0.15, 0.2) is 52.2 Å². The van der Waals surface area contributed by atoms with E-state index in [1.807, 2.05) is 36.4 Å². The predicted molar refractivity (Wildman–Crippen MR) is 101 cm³/mol. The van der Waals surface area contributed by atoms with Crippen LogP contribution in [0.1, 0.15) is 0 Å². The maximum absolute atomic E-state index is 12.2. The molecule has 3 rings (SSSR count). The number of hydrogen-bond acceptors (Lipinski definition) is 4. The Labute approximate surface area is 149 Å². The number of carbonyl (C=O) groups excluding carboxylic acids is 1. The van der Waals surface area contributed by atoms with E-state index in [0.717, 1.165) is 21.7 Å². The summed E-state index contributed by atoms with van der Waals surface area (Å²) < 4.78 is 8.26. The molecule has 7 heteroatoms. The van der Waals surface area contributed by atoms with Crippen molar-refractivity contribution in [1.29, 1.82) is 0 Å². The van der Waals surface area contributed by atoms with Gasteiger partial charge in [-0.05, 0) is 42.5 Å². The van der Waals surface area contributed by atoms with Crippen molar-refractivity contribution >= 4 is 34.4 Å². The number of anilines is 1. The molecule has 1 amide bonds. The van der Waals surface area contributed by atoms with E-state index < -0.39 is 0 Å². The number of aromatic nitrogens is 2. The molecule has 1 heterocycles. The molecule has 0 atom stereocenters. The lowest BCUT2D eigenvalue weighted by atomic mass is 10.2. The first-order chi connectivity index (χ1) is 12.0. The zero-order chi connectivity index (χ0) is 18.0. The molecule has 0 saturated carbocycles. The minimum Gasteiger partial charge on any atom is -0.497 e. The van der Waals surface area contributed by atoms with Gasteiger partial charge in [-0.3, -0.25) is 13.9 Å². The fourth-order valence-corrected chi connectivity index (χ4v) is 3.30. The van der Waals surface area contributed by atoms with E-state index in [-0.39, 0.29) is 11.6 Å². The van der Waals surface area contributed by atoms with Crippen LogP contribution in [-0.2, 0) is 18.9 Å². The summed E-state index contributed by atoms with van der Waals surface area (Å²) in [5.74, 6) is 0.995. The largest absolute Gasteiger partial charge is 0.497 e. The van der Waals surface area contributed by atoms with Crippen molar-refractivity contribution in [3.63, 3.8) is 0 Å². The highest BCUT2D eigenvalue weighted by atomic mass is 32.2. The lowest BCUT2D eigenvalue weighted by Gasteiger charge is -2.06. The van der Waals surface area contributed by atoms with Crippen LogP contribution >= 0.6 is 11.8 Å². The van der Waals surface area contributed by atoms with Gasteiger partial charge in [0, 0.05) is 24.7 Å². The molecule has 1 N–H and O–H groups in total. The number of nitrogens with one attached hydrogen (secondary N) is 1. The lowest BCUT2D eigenvalue weighted by Crippen LogP contribution is -2.19. The first-order valence-corrected chi connectivity index (χ1v) is 8.70. The lowest BCUT2D eigenvalue weighted by molar-refractivity contribution is -0.113. The Morgan fingerprint density at radius 2 is 1.76 bits per heavy atom. The second kappa shape index (κ2) is 7.06. The second-order valence-corrected chi connectivity index (χ2v) is 6.67. The summed E-state index contributed by atoms with van der Waals surface area (Å²) in [5, 5.41) is 2.87. The van der Waals surface area contributed by atoms with Gasteiger partial charge in [-0.15, -0.1) is 11.8 Å². The first kappa shape index (κ1) is 17.2. The fourth-order valence-electron chi connectivity index (χ4n) is 2.60. The highest BCUT2D eigenvalue weighted by molar-refractivity contribution is 8.00. The summed E-state index contributed by atoms with van der Waals surface area (Å²) in [5.41, 5.74) is 2.20. The average molecular weight is 357 g/mol. The van der Waals surface area contributed by atoms with Crippen LogP contribution in [0.4, 0.5) is 5.69 Å². The zero-order valence-corrected chi connectivity index (χ0v) is 15.1. The van der Waals surface area contributed by atoms with Gasteiger partial charge in [0.15, 0.2) is 0 Å². The van der Waals surface area contributed by atoms with Crippen LogP contribution < -0.4 is 15.7 Å². The average Bonchev–Trinajstić information content (AvgIpc) is 2.84. The summed E-state index contributed by atoms with van der Waals surface area (Å²) in [6, 6.07) is 13.0. The number of rotatable bonds is 5.